The Bertz CT molecular complexity index is 1090. The second-order valence-electron chi connectivity index (χ2n) is 7.49. The van der Waals surface area contributed by atoms with Crippen molar-refractivity contribution in [3.63, 3.8) is 0 Å². The van der Waals surface area contributed by atoms with Crippen LogP contribution in [0.1, 0.15) is 38.2 Å². The fourth-order valence-corrected chi connectivity index (χ4v) is 5.60. The van der Waals surface area contributed by atoms with Crippen molar-refractivity contribution < 1.29 is 12.9 Å². The minimum Gasteiger partial charge on any atom is -0.334 e. The van der Waals surface area contributed by atoms with Crippen LogP contribution in [0, 0.1) is 6.92 Å². The molecular weight excluding hydrogens is 386 g/mol. The van der Waals surface area contributed by atoms with E-state index in [4.69, 9.17) is 4.52 Å². The highest BCUT2D eigenvalue weighted by molar-refractivity contribution is 7.89. The van der Waals surface area contributed by atoms with E-state index in [-0.39, 0.29) is 10.9 Å². The molecular formula is C22H25N3O3S. The van der Waals surface area contributed by atoms with Crippen molar-refractivity contribution in [3.8, 4) is 22.8 Å². The average Bonchev–Trinajstić information content (AvgIpc) is 3.24. The predicted octanol–water partition coefficient (Wildman–Crippen LogP) is 4.67. The summed E-state index contributed by atoms with van der Waals surface area (Å²) >= 11 is 0. The van der Waals surface area contributed by atoms with Gasteiger partial charge in [0.1, 0.15) is 0 Å². The first-order chi connectivity index (χ1) is 14.0. The van der Waals surface area contributed by atoms with Crippen molar-refractivity contribution in [1.29, 1.82) is 0 Å². The standard InChI is InChI=1S/C22H25N3O3S/c1-3-19-8-4-5-14-25(19)29(26,27)20-9-6-7-18(15-20)22-23-21(24-28-22)17-12-10-16(2)11-13-17/h6-7,9-13,15,19H,3-5,8,14H2,1-2H3. The van der Waals surface area contributed by atoms with Gasteiger partial charge in [-0.15, -0.1) is 0 Å². The van der Waals surface area contributed by atoms with Crippen LogP contribution in [0.25, 0.3) is 22.8 Å². The molecule has 0 spiro atoms. The smallest absolute Gasteiger partial charge is 0.258 e. The molecule has 1 unspecified atom stereocenters. The molecule has 0 saturated carbocycles. The maximum absolute atomic E-state index is 13.3. The summed E-state index contributed by atoms with van der Waals surface area (Å²) < 4.78 is 33.6. The lowest BCUT2D eigenvalue weighted by Crippen LogP contribution is -2.43. The highest BCUT2D eigenvalue weighted by Gasteiger charge is 2.32. The fraction of sp³-hybridized carbons (Fsp3) is 0.364. The molecule has 0 N–H and O–H groups in total. The molecule has 0 radical (unpaired) electrons. The van der Waals surface area contributed by atoms with Crippen molar-refractivity contribution >= 4 is 10.0 Å². The van der Waals surface area contributed by atoms with Crippen molar-refractivity contribution in [2.24, 2.45) is 0 Å². The second-order valence-corrected chi connectivity index (χ2v) is 9.38. The summed E-state index contributed by atoms with van der Waals surface area (Å²) in [7, 11) is -3.56. The van der Waals surface area contributed by atoms with E-state index in [0.29, 0.717) is 23.8 Å². The molecule has 0 aliphatic carbocycles. The molecule has 1 aliphatic rings. The van der Waals surface area contributed by atoms with Crippen LogP contribution in [0.3, 0.4) is 0 Å². The number of benzene rings is 2. The molecule has 7 heteroatoms. The third-order valence-electron chi connectivity index (χ3n) is 5.47. The fourth-order valence-electron chi connectivity index (χ4n) is 3.78. The Morgan fingerprint density at radius 3 is 2.66 bits per heavy atom. The van der Waals surface area contributed by atoms with Crippen LogP contribution in [0.4, 0.5) is 0 Å². The van der Waals surface area contributed by atoms with E-state index >= 15 is 0 Å². The van der Waals surface area contributed by atoms with Gasteiger partial charge in [0.25, 0.3) is 5.89 Å². The number of rotatable bonds is 5. The zero-order valence-corrected chi connectivity index (χ0v) is 17.5. The van der Waals surface area contributed by atoms with Gasteiger partial charge in [-0.3, -0.25) is 0 Å². The van der Waals surface area contributed by atoms with Crippen LogP contribution in [0.5, 0.6) is 0 Å². The summed E-state index contributed by atoms with van der Waals surface area (Å²) in [5.74, 6) is 0.790. The molecule has 1 aromatic heterocycles. The first-order valence-corrected chi connectivity index (χ1v) is 11.5. The molecule has 1 aliphatic heterocycles. The van der Waals surface area contributed by atoms with Gasteiger partial charge >= 0.3 is 0 Å². The number of aryl methyl sites for hydroxylation is 1. The Balaban J connectivity index is 1.65. The minimum absolute atomic E-state index is 0.0638. The number of aromatic nitrogens is 2. The number of piperidine rings is 1. The molecule has 2 aromatic carbocycles. The largest absolute Gasteiger partial charge is 0.334 e. The zero-order valence-electron chi connectivity index (χ0n) is 16.7. The quantitative estimate of drug-likeness (QED) is 0.610. The van der Waals surface area contributed by atoms with E-state index in [1.54, 1.807) is 28.6 Å². The van der Waals surface area contributed by atoms with Crippen molar-refractivity contribution in [2.75, 3.05) is 6.54 Å². The molecule has 152 valence electrons. The Morgan fingerprint density at radius 1 is 1.10 bits per heavy atom. The van der Waals surface area contributed by atoms with Gasteiger partial charge in [0.05, 0.1) is 4.90 Å². The SMILES string of the molecule is CCC1CCCCN1S(=O)(=O)c1cccc(-c2nc(-c3ccc(C)cc3)no2)c1. The Hall–Kier alpha value is -2.51. The molecule has 1 saturated heterocycles. The molecule has 6 nitrogen and oxygen atoms in total. The lowest BCUT2D eigenvalue weighted by Gasteiger charge is -2.34. The van der Waals surface area contributed by atoms with E-state index in [2.05, 4.69) is 10.1 Å². The lowest BCUT2D eigenvalue weighted by molar-refractivity contribution is 0.246. The van der Waals surface area contributed by atoms with E-state index < -0.39 is 10.0 Å². The predicted molar refractivity (Wildman–Crippen MR) is 112 cm³/mol. The van der Waals surface area contributed by atoms with Crippen LogP contribution in [0.2, 0.25) is 0 Å². The average molecular weight is 412 g/mol. The Kier molecular flexibility index (Phi) is 5.52. The van der Waals surface area contributed by atoms with E-state index in [1.807, 2.05) is 38.1 Å². The lowest BCUT2D eigenvalue weighted by atomic mass is 10.0. The van der Waals surface area contributed by atoms with Crippen LogP contribution in [-0.4, -0.2) is 35.5 Å². The topological polar surface area (TPSA) is 76.3 Å². The van der Waals surface area contributed by atoms with Gasteiger partial charge in [0, 0.05) is 23.7 Å². The minimum atomic E-state index is -3.56. The van der Waals surface area contributed by atoms with Gasteiger partial charge in [-0.25, -0.2) is 8.42 Å². The summed E-state index contributed by atoms with van der Waals surface area (Å²) in [5.41, 5.74) is 2.61. The normalized spacial score (nSPS) is 18.1. The van der Waals surface area contributed by atoms with Gasteiger partial charge in [-0.05, 0) is 44.4 Å². The summed E-state index contributed by atoms with van der Waals surface area (Å²) in [5, 5.41) is 4.05. The van der Waals surface area contributed by atoms with E-state index in [9.17, 15) is 8.42 Å². The summed E-state index contributed by atoms with van der Waals surface area (Å²) in [6, 6.07) is 14.7. The molecule has 3 aromatic rings. The van der Waals surface area contributed by atoms with Gasteiger partial charge < -0.3 is 4.52 Å². The first-order valence-electron chi connectivity index (χ1n) is 10.0. The summed E-state index contributed by atoms with van der Waals surface area (Å²) in [4.78, 5) is 4.73. The molecule has 0 bridgehead atoms. The van der Waals surface area contributed by atoms with E-state index in [1.165, 1.54) is 0 Å². The van der Waals surface area contributed by atoms with Crippen molar-refractivity contribution in [1.82, 2.24) is 14.4 Å². The van der Waals surface area contributed by atoms with Crippen molar-refractivity contribution in [2.45, 2.75) is 50.5 Å². The Labute approximate surface area is 171 Å². The van der Waals surface area contributed by atoms with Gasteiger partial charge in [0.2, 0.25) is 15.8 Å². The third kappa shape index (κ3) is 3.97. The second kappa shape index (κ2) is 8.08. The van der Waals surface area contributed by atoms with Gasteiger partial charge in [-0.1, -0.05) is 54.4 Å². The maximum Gasteiger partial charge on any atom is 0.258 e. The van der Waals surface area contributed by atoms with Crippen LogP contribution >= 0.6 is 0 Å². The highest BCUT2D eigenvalue weighted by atomic mass is 32.2. The first kappa shape index (κ1) is 19.8. The molecule has 1 fully saturated rings. The van der Waals surface area contributed by atoms with Gasteiger partial charge in [-0.2, -0.15) is 9.29 Å². The monoisotopic (exact) mass is 411 g/mol. The molecule has 2 heterocycles. The van der Waals surface area contributed by atoms with Crippen LogP contribution in [0.15, 0.2) is 57.9 Å². The third-order valence-corrected chi connectivity index (χ3v) is 7.42. The molecule has 1 atom stereocenters. The Morgan fingerprint density at radius 2 is 1.90 bits per heavy atom. The molecule has 0 amide bonds. The number of hydrogen-bond donors (Lipinski definition) is 0. The summed E-state index contributed by atoms with van der Waals surface area (Å²) in [6.45, 7) is 4.63. The number of nitrogens with zero attached hydrogens (tertiary/aromatic N) is 3. The highest BCUT2D eigenvalue weighted by Crippen LogP contribution is 2.29. The van der Waals surface area contributed by atoms with Gasteiger partial charge in [0.15, 0.2) is 0 Å². The zero-order chi connectivity index (χ0) is 20.4. The number of hydrogen-bond acceptors (Lipinski definition) is 5. The van der Waals surface area contributed by atoms with Crippen LogP contribution < -0.4 is 0 Å². The molecule has 4 rings (SSSR count). The summed E-state index contributed by atoms with van der Waals surface area (Å²) in [6.07, 6.45) is 3.72. The van der Waals surface area contributed by atoms with Crippen molar-refractivity contribution in [3.05, 3.63) is 54.1 Å². The number of sulfonamides is 1. The molecule has 29 heavy (non-hydrogen) atoms. The maximum atomic E-state index is 13.3. The van der Waals surface area contributed by atoms with Crippen LogP contribution in [-0.2, 0) is 10.0 Å². The van der Waals surface area contributed by atoms with E-state index in [0.717, 1.165) is 36.8 Å².